The molecule has 0 aromatic heterocycles. The molecule has 0 aliphatic carbocycles. The zero-order valence-corrected chi connectivity index (χ0v) is 18.3. The Labute approximate surface area is 164 Å². The quantitative estimate of drug-likeness (QED) is 0.486. The van der Waals surface area contributed by atoms with E-state index in [2.05, 4.69) is 109 Å². The lowest BCUT2D eigenvalue weighted by atomic mass is 9.99. The van der Waals surface area contributed by atoms with Crippen molar-refractivity contribution < 1.29 is 0 Å². The van der Waals surface area contributed by atoms with Gasteiger partial charge in [0, 0.05) is 0 Å². The van der Waals surface area contributed by atoms with Crippen LogP contribution in [0.5, 0.6) is 0 Å². The van der Waals surface area contributed by atoms with Crippen LogP contribution in [-0.2, 0) is 0 Å². The van der Waals surface area contributed by atoms with E-state index in [1.54, 1.807) is 0 Å². The van der Waals surface area contributed by atoms with Crippen LogP contribution >= 0.6 is 0 Å². The highest BCUT2D eigenvalue weighted by Gasteiger charge is 1.99. The molecule has 0 heterocycles. The fraction of sp³-hybridized carbons (Fsp3) is 0.538. The number of benzene rings is 2. The minimum Gasteiger partial charge on any atom is -0.0651 e. The predicted octanol–water partition coefficient (Wildman–Crippen LogP) is 8.84. The second kappa shape index (κ2) is 15.7. The van der Waals surface area contributed by atoms with Gasteiger partial charge in [0.15, 0.2) is 0 Å². The summed E-state index contributed by atoms with van der Waals surface area (Å²) in [4.78, 5) is 0. The molecule has 0 radical (unpaired) electrons. The predicted molar refractivity (Wildman–Crippen MR) is 120 cm³/mol. The molecule has 0 fully saturated rings. The second-order valence-electron chi connectivity index (χ2n) is 7.36. The van der Waals surface area contributed by atoms with Crippen LogP contribution in [0.1, 0.15) is 97.1 Å². The Morgan fingerprint density at radius 3 is 1.00 bits per heavy atom. The average Bonchev–Trinajstić information content (AvgIpc) is 2.74. The van der Waals surface area contributed by atoms with E-state index in [4.69, 9.17) is 0 Å². The van der Waals surface area contributed by atoms with Gasteiger partial charge in [-0.15, -0.1) is 0 Å². The highest BCUT2D eigenvalue weighted by Crippen LogP contribution is 2.17. The molecule has 0 bridgehead atoms. The van der Waals surface area contributed by atoms with Crippen molar-refractivity contribution in [1.29, 1.82) is 0 Å². The Balaban J connectivity index is 0.000000375. The van der Waals surface area contributed by atoms with Gasteiger partial charge in [-0.3, -0.25) is 0 Å². The highest BCUT2D eigenvalue weighted by atomic mass is 14.0. The first-order valence-corrected chi connectivity index (χ1v) is 10.6. The van der Waals surface area contributed by atoms with Crippen molar-refractivity contribution in [1.82, 2.24) is 0 Å². The lowest BCUT2D eigenvalue weighted by Crippen LogP contribution is -1.88. The van der Waals surface area contributed by atoms with E-state index in [-0.39, 0.29) is 0 Å². The number of hydrogen-bond acceptors (Lipinski definition) is 0. The Bertz CT molecular complexity index is 465. The van der Waals surface area contributed by atoms with Gasteiger partial charge >= 0.3 is 0 Å². The van der Waals surface area contributed by atoms with Crippen molar-refractivity contribution >= 4 is 0 Å². The van der Waals surface area contributed by atoms with Gasteiger partial charge in [-0.2, -0.15) is 0 Å². The molecule has 0 aliphatic rings. The molecular weight excluding hydrogens is 312 g/mol. The summed E-state index contributed by atoms with van der Waals surface area (Å²) in [6, 6.07) is 21.3. The summed E-state index contributed by atoms with van der Waals surface area (Å²) < 4.78 is 0. The minimum atomic E-state index is 0.709. The normalized spacial score (nSPS) is 12.3. The molecule has 0 amide bonds. The Morgan fingerprint density at radius 2 is 0.808 bits per heavy atom. The standard InChI is InChI=1S/2C10H14.C6H14/c2*1-3-9(2)10-7-5-4-6-8-10;1-4-6(3)5-2/h2*4-9H,3H2,1-2H3;6H,4-5H2,1-3H3. The molecule has 0 nitrogen and oxygen atoms in total. The van der Waals surface area contributed by atoms with Crippen LogP contribution in [0.4, 0.5) is 0 Å². The van der Waals surface area contributed by atoms with Gasteiger partial charge in [0.05, 0.1) is 0 Å². The molecule has 0 heteroatoms. The van der Waals surface area contributed by atoms with Crippen molar-refractivity contribution in [3.63, 3.8) is 0 Å². The molecule has 146 valence electrons. The molecule has 0 N–H and O–H groups in total. The third-order valence-electron chi connectivity index (χ3n) is 5.36. The fourth-order valence-corrected chi connectivity index (χ4v) is 2.32. The van der Waals surface area contributed by atoms with E-state index in [0.29, 0.717) is 11.8 Å². The molecule has 0 aliphatic heterocycles. The maximum absolute atomic E-state index is 2.28. The van der Waals surface area contributed by atoms with Gasteiger partial charge in [-0.05, 0) is 41.7 Å². The maximum Gasteiger partial charge on any atom is -0.0193 e. The monoisotopic (exact) mass is 354 g/mol. The van der Waals surface area contributed by atoms with Crippen LogP contribution < -0.4 is 0 Å². The van der Waals surface area contributed by atoms with Gasteiger partial charge in [0.1, 0.15) is 0 Å². The minimum absolute atomic E-state index is 0.709. The zero-order valence-electron chi connectivity index (χ0n) is 18.3. The van der Waals surface area contributed by atoms with E-state index in [0.717, 1.165) is 5.92 Å². The van der Waals surface area contributed by atoms with Crippen LogP contribution in [0.15, 0.2) is 60.7 Å². The van der Waals surface area contributed by atoms with Crippen LogP contribution in [0.3, 0.4) is 0 Å². The first kappa shape index (κ1) is 24.4. The van der Waals surface area contributed by atoms with E-state index in [9.17, 15) is 0 Å². The van der Waals surface area contributed by atoms with Crippen LogP contribution in [0.2, 0.25) is 0 Å². The molecule has 2 aromatic carbocycles. The topological polar surface area (TPSA) is 0 Å². The van der Waals surface area contributed by atoms with Crippen molar-refractivity contribution in [2.24, 2.45) is 5.92 Å². The molecule has 26 heavy (non-hydrogen) atoms. The Morgan fingerprint density at radius 1 is 0.500 bits per heavy atom. The van der Waals surface area contributed by atoms with Gasteiger partial charge in [0.25, 0.3) is 0 Å². The van der Waals surface area contributed by atoms with Crippen LogP contribution in [-0.4, -0.2) is 0 Å². The molecule has 0 saturated carbocycles. The number of hydrogen-bond donors (Lipinski definition) is 0. The SMILES string of the molecule is CCC(C)CC.CCC(C)c1ccccc1.CCC(C)c1ccccc1. The van der Waals surface area contributed by atoms with Gasteiger partial charge in [0.2, 0.25) is 0 Å². The summed E-state index contributed by atoms with van der Waals surface area (Å²) in [6.45, 7) is 15.7. The van der Waals surface area contributed by atoms with E-state index in [1.165, 1.54) is 36.8 Å². The summed E-state index contributed by atoms with van der Waals surface area (Å²) in [5.41, 5.74) is 2.90. The van der Waals surface area contributed by atoms with E-state index in [1.807, 2.05) is 0 Å². The molecule has 0 spiro atoms. The summed E-state index contributed by atoms with van der Waals surface area (Å²) in [5.74, 6) is 2.35. The first-order valence-electron chi connectivity index (χ1n) is 10.6. The maximum atomic E-state index is 2.28. The largest absolute Gasteiger partial charge is 0.0651 e. The average molecular weight is 355 g/mol. The Kier molecular flexibility index (Phi) is 14.7. The second-order valence-corrected chi connectivity index (χ2v) is 7.36. The molecular formula is C26H42. The molecule has 2 rings (SSSR count). The summed E-state index contributed by atoms with van der Waals surface area (Å²) in [5, 5.41) is 0. The highest BCUT2D eigenvalue weighted by molar-refractivity contribution is 5.18. The van der Waals surface area contributed by atoms with Gasteiger partial charge < -0.3 is 0 Å². The third kappa shape index (κ3) is 11.1. The first-order chi connectivity index (χ1) is 12.5. The van der Waals surface area contributed by atoms with Crippen molar-refractivity contribution in [3.05, 3.63) is 71.8 Å². The van der Waals surface area contributed by atoms with E-state index >= 15 is 0 Å². The zero-order chi connectivity index (χ0) is 19.8. The summed E-state index contributed by atoms with van der Waals surface area (Å²) in [7, 11) is 0. The summed E-state index contributed by atoms with van der Waals surface area (Å²) in [6.07, 6.45) is 5.11. The fourth-order valence-electron chi connectivity index (χ4n) is 2.32. The molecule has 2 aromatic rings. The van der Waals surface area contributed by atoms with Gasteiger partial charge in [-0.1, -0.05) is 122 Å². The van der Waals surface area contributed by atoms with Crippen molar-refractivity contribution in [3.8, 4) is 0 Å². The third-order valence-corrected chi connectivity index (χ3v) is 5.36. The van der Waals surface area contributed by atoms with Gasteiger partial charge in [-0.25, -0.2) is 0 Å². The lowest BCUT2D eigenvalue weighted by molar-refractivity contribution is 0.544. The van der Waals surface area contributed by atoms with Crippen molar-refractivity contribution in [2.75, 3.05) is 0 Å². The molecule has 2 unspecified atom stereocenters. The van der Waals surface area contributed by atoms with Crippen molar-refractivity contribution in [2.45, 2.75) is 86.0 Å². The smallest absolute Gasteiger partial charge is 0.0193 e. The molecule has 0 saturated heterocycles. The molecule has 2 atom stereocenters. The number of rotatable bonds is 6. The summed E-state index contributed by atoms with van der Waals surface area (Å²) >= 11 is 0. The lowest BCUT2D eigenvalue weighted by Gasteiger charge is -2.06. The van der Waals surface area contributed by atoms with Crippen LogP contribution in [0.25, 0.3) is 0 Å². The Hall–Kier alpha value is -1.56. The van der Waals surface area contributed by atoms with Crippen LogP contribution in [0, 0.1) is 5.92 Å². The van der Waals surface area contributed by atoms with E-state index < -0.39 is 0 Å².